The van der Waals surface area contributed by atoms with Crippen molar-refractivity contribution in [3.63, 3.8) is 0 Å². The quantitative estimate of drug-likeness (QED) is 0.765. The molecule has 2 aromatic rings. The Morgan fingerprint density at radius 1 is 1.07 bits per heavy atom. The Bertz CT molecular complexity index is 820. The normalized spacial score (nSPS) is 13.8. The predicted octanol–water partition coefficient (Wildman–Crippen LogP) is 1.78. The first-order valence-corrected chi connectivity index (χ1v) is 9.06. The van der Waals surface area contributed by atoms with Crippen LogP contribution in [0.2, 0.25) is 0 Å². The van der Waals surface area contributed by atoms with Gasteiger partial charge in [-0.05, 0) is 24.3 Å². The molecule has 1 saturated heterocycles. The highest BCUT2D eigenvalue weighted by atomic mass is 16.5. The van der Waals surface area contributed by atoms with Gasteiger partial charge in [0.05, 0.1) is 19.9 Å². The number of hydrogen-bond acceptors (Lipinski definition) is 6. The number of aromatic nitrogens is 1. The van der Waals surface area contributed by atoms with E-state index in [1.807, 2.05) is 18.2 Å². The van der Waals surface area contributed by atoms with Crippen LogP contribution in [-0.2, 0) is 9.59 Å². The van der Waals surface area contributed by atoms with Crippen LogP contribution in [0.25, 0.3) is 0 Å². The third-order valence-corrected chi connectivity index (χ3v) is 4.60. The van der Waals surface area contributed by atoms with Crippen molar-refractivity contribution in [3.8, 4) is 11.5 Å². The number of anilines is 2. The topological polar surface area (TPSA) is 84.0 Å². The van der Waals surface area contributed by atoms with E-state index in [0.29, 0.717) is 43.4 Å². The standard InChI is InChI=1S/C20H24N4O4/c1-27-15-6-7-17(28-2)16(13-15)22-19(25)14-20(26)24-11-9-23(10-12-24)18-5-3-4-8-21-18/h3-8,13H,9-12,14H2,1-2H3,(H,22,25). The lowest BCUT2D eigenvalue weighted by molar-refractivity contribution is -0.134. The fraction of sp³-hybridized carbons (Fsp3) is 0.350. The maximum atomic E-state index is 12.5. The highest BCUT2D eigenvalue weighted by Crippen LogP contribution is 2.29. The number of pyridine rings is 1. The zero-order valence-corrected chi connectivity index (χ0v) is 16.1. The van der Waals surface area contributed by atoms with Gasteiger partial charge in [-0.25, -0.2) is 4.98 Å². The van der Waals surface area contributed by atoms with Crippen LogP contribution in [0.3, 0.4) is 0 Å². The Hall–Kier alpha value is -3.29. The lowest BCUT2D eigenvalue weighted by Gasteiger charge is -2.35. The van der Waals surface area contributed by atoms with Crippen LogP contribution in [0.15, 0.2) is 42.6 Å². The number of carbonyl (C=O) groups excluding carboxylic acids is 2. The highest BCUT2D eigenvalue weighted by molar-refractivity contribution is 6.04. The number of nitrogens with one attached hydrogen (secondary N) is 1. The number of ether oxygens (including phenoxy) is 2. The summed E-state index contributed by atoms with van der Waals surface area (Å²) in [5.74, 6) is 1.42. The largest absolute Gasteiger partial charge is 0.497 e. The average Bonchev–Trinajstić information content (AvgIpc) is 2.74. The number of amides is 2. The predicted molar refractivity (Wildman–Crippen MR) is 106 cm³/mol. The second-order valence-corrected chi connectivity index (χ2v) is 6.35. The van der Waals surface area contributed by atoms with Gasteiger partial charge in [0.1, 0.15) is 23.7 Å². The molecule has 0 aliphatic carbocycles. The smallest absolute Gasteiger partial charge is 0.233 e. The van der Waals surface area contributed by atoms with Crippen molar-refractivity contribution in [3.05, 3.63) is 42.6 Å². The van der Waals surface area contributed by atoms with Crippen molar-refractivity contribution in [1.29, 1.82) is 0 Å². The van der Waals surface area contributed by atoms with E-state index in [9.17, 15) is 9.59 Å². The third kappa shape index (κ3) is 4.70. The molecule has 1 aromatic heterocycles. The minimum atomic E-state index is -0.385. The first kappa shape index (κ1) is 19.5. The molecule has 0 unspecified atom stereocenters. The van der Waals surface area contributed by atoms with E-state index >= 15 is 0 Å². The number of methoxy groups -OCH3 is 2. The van der Waals surface area contributed by atoms with Gasteiger partial charge in [0, 0.05) is 38.4 Å². The van der Waals surface area contributed by atoms with E-state index in [-0.39, 0.29) is 18.2 Å². The van der Waals surface area contributed by atoms with Crippen LogP contribution in [0, 0.1) is 0 Å². The fourth-order valence-electron chi connectivity index (χ4n) is 3.08. The van der Waals surface area contributed by atoms with Crippen molar-refractivity contribution in [1.82, 2.24) is 9.88 Å². The number of piperazine rings is 1. The molecule has 0 radical (unpaired) electrons. The van der Waals surface area contributed by atoms with Gasteiger partial charge in [0.25, 0.3) is 0 Å². The van der Waals surface area contributed by atoms with Crippen LogP contribution in [0.1, 0.15) is 6.42 Å². The molecule has 8 nitrogen and oxygen atoms in total. The maximum absolute atomic E-state index is 12.5. The number of benzene rings is 1. The molecule has 0 bridgehead atoms. The Morgan fingerprint density at radius 3 is 2.50 bits per heavy atom. The van der Waals surface area contributed by atoms with Crippen LogP contribution >= 0.6 is 0 Å². The van der Waals surface area contributed by atoms with Gasteiger partial charge in [-0.2, -0.15) is 0 Å². The second kappa shape index (κ2) is 9.07. The number of carbonyl (C=O) groups is 2. The van der Waals surface area contributed by atoms with E-state index in [0.717, 1.165) is 5.82 Å². The maximum Gasteiger partial charge on any atom is 0.233 e. The minimum Gasteiger partial charge on any atom is -0.497 e. The molecule has 1 aliphatic rings. The molecule has 1 aliphatic heterocycles. The van der Waals surface area contributed by atoms with Crippen molar-refractivity contribution in [2.75, 3.05) is 50.6 Å². The van der Waals surface area contributed by atoms with Gasteiger partial charge in [0.15, 0.2) is 0 Å². The van der Waals surface area contributed by atoms with Crippen LogP contribution in [-0.4, -0.2) is 62.1 Å². The molecule has 3 rings (SSSR count). The Labute approximate surface area is 164 Å². The van der Waals surface area contributed by atoms with Crippen LogP contribution < -0.4 is 19.7 Å². The zero-order valence-electron chi connectivity index (χ0n) is 16.1. The molecular formula is C20H24N4O4. The van der Waals surface area contributed by atoms with Crippen molar-refractivity contribution < 1.29 is 19.1 Å². The van der Waals surface area contributed by atoms with E-state index < -0.39 is 0 Å². The number of hydrogen-bond donors (Lipinski definition) is 1. The summed E-state index contributed by atoms with van der Waals surface area (Å²) in [6.07, 6.45) is 1.54. The summed E-state index contributed by atoms with van der Waals surface area (Å²) in [6, 6.07) is 10.9. The lowest BCUT2D eigenvalue weighted by Crippen LogP contribution is -2.49. The minimum absolute atomic E-state index is 0.194. The van der Waals surface area contributed by atoms with Gasteiger partial charge in [0.2, 0.25) is 11.8 Å². The molecule has 0 saturated carbocycles. The van der Waals surface area contributed by atoms with Crippen molar-refractivity contribution in [2.24, 2.45) is 0 Å². The van der Waals surface area contributed by atoms with Gasteiger partial charge >= 0.3 is 0 Å². The summed E-state index contributed by atoms with van der Waals surface area (Å²) in [4.78, 5) is 33.0. The van der Waals surface area contributed by atoms with Crippen molar-refractivity contribution in [2.45, 2.75) is 6.42 Å². The summed E-state index contributed by atoms with van der Waals surface area (Å²) >= 11 is 0. The molecule has 1 N–H and O–H groups in total. The van der Waals surface area contributed by atoms with Crippen LogP contribution in [0.5, 0.6) is 11.5 Å². The van der Waals surface area contributed by atoms with Gasteiger partial charge in [-0.15, -0.1) is 0 Å². The second-order valence-electron chi connectivity index (χ2n) is 6.35. The van der Waals surface area contributed by atoms with Gasteiger partial charge < -0.3 is 24.6 Å². The van der Waals surface area contributed by atoms with E-state index in [1.54, 1.807) is 36.4 Å². The number of nitrogens with zero attached hydrogens (tertiary/aromatic N) is 3. The van der Waals surface area contributed by atoms with Crippen molar-refractivity contribution >= 4 is 23.3 Å². The first-order chi connectivity index (χ1) is 13.6. The molecule has 28 heavy (non-hydrogen) atoms. The molecule has 1 fully saturated rings. The Kier molecular flexibility index (Phi) is 6.31. The Balaban J connectivity index is 1.53. The average molecular weight is 384 g/mol. The monoisotopic (exact) mass is 384 g/mol. The Morgan fingerprint density at radius 2 is 1.86 bits per heavy atom. The van der Waals surface area contributed by atoms with E-state index in [4.69, 9.17) is 9.47 Å². The first-order valence-electron chi connectivity index (χ1n) is 9.06. The van der Waals surface area contributed by atoms with Crippen LogP contribution in [0.4, 0.5) is 11.5 Å². The molecular weight excluding hydrogens is 360 g/mol. The zero-order chi connectivity index (χ0) is 19.9. The van der Waals surface area contributed by atoms with Gasteiger partial charge in [-0.3, -0.25) is 9.59 Å². The molecule has 2 heterocycles. The molecule has 1 aromatic carbocycles. The molecule has 0 spiro atoms. The lowest BCUT2D eigenvalue weighted by atomic mass is 10.2. The summed E-state index contributed by atoms with van der Waals surface area (Å²) in [6.45, 7) is 2.50. The van der Waals surface area contributed by atoms with E-state index in [1.165, 1.54) is 7.11 Å². The highest BCUT2D eigenvalue weighted by Gasteiger charge is 2.23. The fourth-order valence-corrected chi connectivity index (χ4v) is 3.08. The molecule has 2 amide bonds. The van der Waals surface area contributed by atoms with E-state index in [2.05, 4.69) is 15.2 Å². The third-order valence-electron chi connectivity index (χ3n) is 4.60. The summed E-state index contributed by atoms with van der Waals surface area (Å²) in [5.41, 5.74) is 0.472. The SMILES string of the molecule is COc1ccc(OC)c(NC(=O)CC(=O)N2CCN(c3ccccn3)CC2)c1. The molecule has 148 valence electrons. The molecule has 8 heteroatoms. The molecule has 0 atom stereocenters. The summed E-state index contributed by atoms with van der Waals surface area (Å²) < 4.78 is 10.4. The summed E-state index contributed by atoms with van der Waals surface area (Å²) in [7, 11) is 3.06. The number of rotatable bonds is 6. The van der Waals surface area contributed by atoms with Gasteiger partial charge in [-0.1, -0.05) is 6.07 Å². The summed E-state index contributed by atoms with van der Waals surface area (Å²) in [5, 5.41) is 2.73.